The monoisotopic (exact) mass is 310 g/mol. The normalized spacial score (nSPS) is 23.4. The zero-order valence-electron chi connectivity index (χ0n) is 12.4. The first-order valence-electron chi connectivity index (χ1n) is 7.46. The Hall–Kier alpha value is -1.21. The molecule has 0 radical (unpaired) electrons. The average Bonchev–Trinajstić information content (AvgIpc) is 2.48. The van der Waals surface area contributed by atoms with E-state index in [9.17, 15) is 8.42 Å². The number of aromatic nitrogens is 2. The minimum atomic E-state index is -3.03. The minimum Gasteiger partial charge on any atom is -0.341 e. The Bertz CT molecular complexity index is 572. The quantitative estimate of drug-likeness (QED) is 0.819. The molecule has 0 amide bonds. The first-order valence-corrected chi connectivity index (χ1v) is 9.31. The third kappa shape index (κ3) is 3.18. The Morgan fingerprint density at radius 3 is 2.05 bits per heavy atom. The lowest BCUT2D eigenvalue weighted by molar-refractivity contribution is 0.119. The van der Waals surface area contributed by atoms with Crippen LogP contribution in [0.25, 0.3) is 0 Å². The number of nitrogens with zero attached hydrogens (tertiary/aromatic N) is 4. The van der Waals surface area contributed by atoms with Crippen molar-refractivity contribution in [1.82, 2.24) is 14.3 Å². The van der Waals surface area contributed by atoms with Crippen molar-refractivity contribution < 1.29 is 8.42 Å². The van der Waals surface area contributed by atoms with Gasteiger partial charge in [-0.3, -0.25) is 0 Å². The number of sulfonamides is 1. The summed E-state index contributed by atoms with van der Waals surface area (Å²) in [6, 6.07) is 1.83. The van der Waals surface area contributed by atoms with E-state index in [1.807, 2.05) is 6.07 Å². The molecule has 2 aliphatic heterocycles. The fourth-order valence-corrected chi connectivity index (χ4v) is 4.27. The molecule has 2 saturated heterocycles. The zero-order chi connectivity index (χ0) is 14.9. The molecular weight excluding hydrogens is 288 g/mol. The standard InChI is InChI=1S/C14H22N4O2S/c1-21(19,20)18-11-5-14(6-12-18)3-9-17(10-4-14)13-15-7-2-8-16-13/h2,7-8H,3-6,9-12H2,1H3. The largest absolute Gasteiger partial charge is 0.341 e. The molecule has 0 unspecified atom stereocenters. The van der Waals surface area contributed by atoms with Crippen LogP contribution in [-0.4, -0.2) is 55.1 Å². The summed E-state index contributed by atoms with van der Waals surface area (Å²) in [6.07, 6.45) is 9.01. The molecule has 1 aromatic heterocycles. The molecule has 6 nitrogen and oxygen atoms in total. The van der Waals surface area contributed by atoms with Gasteiger partial charge in [0.05, 0.1) is 6.26 Å². The highest BCUT2D eigenvalue weighted by Crippen LogP contribution is 2.42. The maximum absolute atomic E-state index is 11.6. The van der Waals surface area contributed by atoms with Crippen LogP contribution in [0.5, 0.6) is 0 Å². The molecule has 0 bridgehead atoms. The molecule has 3 heterocycles. The molecule has 0 saturated carbocycles. The number of hydrogen-bond donors (Lipinski definition) is 0. The summed E-state index contributed by atoms with van der Waals surface area (Å²) >= 11 is 0. The van der Waals surface area contributed by atoms with Crippen molar-refractivity contribution in [3.8, 4) is 0 Å². The van der Waals surface area contributed by atoms with Crippen LogP contribution in [0.15, 0.2) is 18.5 Å². The van der Waals surface area contributed by atoms with Crippen LogP contribution in [-0.2, 0) is 10.0 Å². The summed E-state index contributed by atoms with van der Waals surface area (Å²) in [5, 5.41) is 0. The summed E-state index contributed by atoms with van der Waals surface area (Å²) in [4.78, 5) is 10.8. The van der Waals surface area contributed by atoms with Crippen molar-refractivity contribution in [2.24, 2.45) is 5.41 Å². The van der Waals surface area contributed by atoms with Crippen LogP contribution in [0.4, 0.5) is 5.95 Å². The summed E-state index contributed by atoms with van der Waals surface area (Å²) in [5.41, 5.74) is 0.312. The lowest BCUT2D eigenvalue weighted by atomic mass is 9.71. The van der Waals surface area contributed by atoms with Crippen LogP contribution in [0.1, 0.15) is 25.7 Å². The van der Waals surface area contributed by atoms with Gasteiger partial charge in [0.25, 0.3) is 0 Å². The van der Waals surface area contributed by atoms with Crippen molar-refractivity contribution >= 4 is 16.0 Å². The predicted octanol–water partition coefficient (Wildman–Crippen LogP) is 1.12. The van der Waals surface area contributed by atoms with Gasteiger partial charge < -0.3 is 4.90 Å². The van der Waals surface area contributed by atoms with E-state index < -0.39 is 10.0 Å². The highest BCUT2D eigenvalue weighted by Gasteiger charge is 2.39. The van der Waals surface area contributed by atoms with E-state index in [0.717, 1.165) is 44.7 Å². The maximum atomic E-state index is 11.6. The van der Waals surface area contributed by atoms with Gasteiger partial charge in [-0.15, -0.1) is 0 Å². The second-order valence-corrected chi connectivity index (χ2v) is 8.18. The Morgan fingerprint density at radius 2 is 1.52 bits per heavy atom. The molecule has 2 aliphatic rings. The molecule has 3 rings (SSSR count). The highest BCUT2D eigenvalue weighted by atomic mass is 32.2. The van der Waals surface area contributed by atoms with E-state index >= 15 is 0 Å². The minimum absolute atomic E-state index is 0.312. The van der Waals surface area contributed by atoms with Gasteiger partial charge in [0.15, 0.2) is 0 Å². The zero-order valence-corrected chi connectivity index (χ0v) is 13.2. The lowest BCUT2D eigenvalue weighted by Gasteiger charge is -2.46. The smallest absolute Gasteiger partial charge is 0.225 e. The molecule has 21 heavy (non-hydrogen) atoms. The van der Waals surface area contributed by atoms with Gasteiger partial charge in [0.2, 0.25) is 16.0 Å². The first kappa shape index (κ1) is 14.7. The van der Waals surface area contributed by atoms with Crippen LogP contribution in [0.2, 0.25) is 0 Å². The van der Waals surface area contributed by atoms with Crippen molar-refractivity contribution in [2.45, 2.75) is 25.7 Å². The summed E-state index contributed by atoms with van der Waals surface area (Å²) in [6.45, 7) is 3.26. The lowest BCUT2D eigenvalue weighted by Crippen LogP contribution is -2.48. The number of rotatable bonds is 2. The van der Waals surface area contributed by atoms with Gasteiger partial charge in [0.1, 0.15) is 0 Å². The topological polar surface area (TPSA) is 66.4 Å². The van der Waals surface area contributed by atoms with Crippen molar-refractivity contribution in [3.63, 3.8) is 0 Å². The fourth-order valence-electron chi connectivity index (χ4n) is 3.43. The molecule has 116 valence electrons. The molecule has 1 aromatic rings. The Morgan fingerprint density at radius 1 is 1.00 bits per heavy atom. The summed E-state index contributed by atoms with van der Waals surface area (Å²) < 4.78 is 24.8. The summed E-state index contributed by atoms with van der Waals surface area (Å²) in [7, 11) is -3.03. The van der Waals surface area contributed by atoms with Crippen LogP contribution >= 0.6 is 0 Å². The summed E-state index contributed by atoms with van der Waals surface area (Å²) in [5.74, 6) is 0.806. The molecule has 2 fully saturated rings. The molecule has 0 atom stereocenters. The van der Waals surface area contributed by atoms with Crippen LogP contribution < -0.4 is 4.90 Å². The first-order chi connectivity index (χ1) is 9.99. The van der Waals surface area contributed by atoms with Gasteiger partial charge in [-0.05, 0) is 37.2 Å². The molecule has 0 aromatic carbocycles. The third-order valence-corrected chi connectivity index (χ3v) is 6.21. The van der Waals surface area contributed by atoms with E-state index in [-0.39, 0.29) is 0 Å². The van der Waals surface area contributed by atoms with E-state index in [1.165, 1.54) is 6.26 Å². The second-order valence-electron chi connectivity index (χ2n) is 6.20. The molecule has 1 spiro atoms. The molecule has 0 aliphatic carbocycles. The SMILES string of the molecule is CS(=O)(=O)N1CCC2(CCN(c3ncccn3)CC2)CC1. The molecule has 0 N–H and O–H groups in total. The number of piperidine rings is 2. The molecule has 7 heteroatoms. The van der Waals surface area contributed by atoms with E-state index in [4.69, 9.17) is 0 Å². The molecular formula is C14H22N4O2S. The Kier molecular flexibility index (Phi) is 3.88. The predicted molar refractivity (Wildman–Crippen MR) is 81.6 cm³/mol. The van der Waals surface area contributed by atoms with Crippen molar-refractivity contribution in [3.05, 3.63) is 18.5 Å². The van der Waals surface area contributed by atoms with Gasteiger partial charge in [-0.25, -0.2) is 22.7 Å². The average molecular weight is 310 g/mol. The number of anilines is 1. The van der Waals surface area contributed by atoms with Gasteiger partial charge in [-0.2, -0.15) is 0 Å². The van der Waals surface area contributed by atoms with Crippen LogP contribution in [0, 0.1) is 5.41 Å². The van der Waals surface area contributed by atoms with E-state index in [2.05, 4.69) is 14.9 Å². The van der Waals surface area contributed by atoms with Gasteiger partial charge in [-0.1, -0.05) is 0 Å². The maximum Gasteiger partial charge on any atom is 0.225 e. The third-order valence-electron chi connectivity index (χ3n) is 4.91. The Balaban J connectivity index is 1.59. The van der Waals surface area contributed by atoms with Crippen LogP contribution in [0.3, 0.4) is 0 Å². The van der Waals surface area contributed by atoms with Gasteiger partial charge in [0, 0.05) is 38.6 Å². The fraction of sp³-hybridized carbons (Fsp3) is 0.714. The van der Waals surface area contributed by atoms with Crippen molar-refractivity contribution in [1.29, 1.82) is 0 Å². The second kappa shape index (κ2) is 5.53. The van der Waals surface area contributed by atoms with E-state index in [0.29, 0.717) is 18.5 Å². The highest BCUT2D eigenvalue weighted by molar-refractivity contribution is 7.88. The Labute approximate surface area is 126 Å². The number of hydrogen-bond acceptors (Lipinski definition) is 5. The van der Waals surface area contributed by atoms with E-state index in [1.54, 1.807) is 16.7 Å². The van der Waals surface area contributed by atoms with Gasteiger partial charge >= 0.3 is 0 Å². The van der Waals surface area contributed by atoms with Crippen molar-refractivity contribution in [2.75, 3.05) is 37.3 Å².